The maximum atomic E-state index is 12.7. The number of hydrogen-bond donors (Lipinski definition) is 1. The van der Waals surface area contributed by atoms with Crippen LogP contribution in [0.2, 0.25) is 0 Å². The Morgan fingerprint density at radius 3 is 2.38 bits per heavy atom. The second-order valence-electron chi connectivity index (χ2n) is 7.33. The first-order chi connectivity index (χ1) is 14.0. The summed E-state index contributed by atoms with van der Waals surface area (Å²) in [7, 11) is -1.82. The number of hydrogen-bond acceptors (Lipinski definition) is 4. The Balaban J connectivity index is 1.57. The molecule has 0 radical (unpaired) electrons. The maximum Gasteiger partial charge on any atom is 0.240 e. The second kappa shape index (κ2) is 10.0. The first kappa shape index (κ1) is 21.5. The summed E-state index contributed by atoms with van der Waals surface area (Å²) in [6.07, 6.45) is 2.74. The van der Waals surface area contributed by atoms with Gasteiger partial charge in [0, 0.05) is 32.7 Å². The molecular formula is C22H28N2O4S. The summed E-state index contributed by atoms with van der Waals surface area (Å²) in [5.41, 5.74) is 2.02. The van der Waals surface area contributed by atoms with Crippen molar-refractivity contribution in [3.63, 3.8) is 0 Å². The molecule has 6 nitrogen and oxygen atoms in total. The summed E-state index contributed by atoms with van der Waals surface area (Å²) < 4.78 is 32.3. The standard InChI is InChI=1S/C22H28N2O4S/c1-28-16-15-24(17-19-5-3-2-4-6-19)22(25)14-9-18-7-12-21(13-8-18)29(26,27)23-20-10-11-20/h2-8,12-13,20,23H,9-11,14-17H2,1H3. The number of sulfonamides is 1. The topological polar surface area (TPSA) is 75.7 Å². The minimum atomic E-state index is -3.44. The fraction of sp³-hybridized carbons (Fsp3) is 0.409. The molecule has 1 N–H and O–H groups in total. The van der Waals surface area contributed by atoms with Gasteiger partial charge in [0.05, 0.1) is 11.5 Å². The fourth-order valence-electron chi connectivity index (χ4n) is 3.03. The number of carbonyl (C=O) groups is 1. The SMILES string of the molecule is COCCN(Cc1ccccc1)C(=O)CCc1ccc(S(=O)(=O)NC2CC2)cc1. The molecule has 2 aromatic carbocycles. The minimum Gasteiger partial charge on any atom is -0.383 e. The van der Waals surface area contributed by atoms with Gasteiger partial charge in [-0.15, -0.1) is 0 Å². The van der Waals surface area contributed by atoms with Crippen LogP contribution in [0, 0.1) is 0 Å². The zero-order valence-corrected chi connectivity index (χ0v) is 17.5. The van der Waals surface area contributed by atoms with Gasteiger partial charge >= 0.3 is 0 Å². The summed E-state index contributed by atoms with van der Waals surface area (Å²) >= 11 is 0. The first-order valence-electron chi connectivity index (χ1n) is 9.90. The van der Waals surface area contributed by atoms with E-state index in [1.165, 1.54) is 0 Å². The molecule has 0 heterocycles. The third-order valence-corrected chi connectivity index (χ3v) is 6.43. The Hall–Kier alpha value is -2.22. The molecule has 0 aromatic heterocycles. The van der Waals surface area contributed by atoms with Gasteiger partial charge < -0.3 is 9.64 Å². The van der Waals surface area contributed by atoms with E-state index in [0.717, 1.165) is 24.0 Å². The van der Waals surface area contributed by atoms with Crippen LogP contribution in [0.3, 0.4) is 0 Å². The largest absolute Gasteiger partial charge is 0.383 e. The van der Waals surface area contributed by atoms with Crippen molar-refractivity contribution in [2.75, 3.05) is 20.3 Å². The van der Waals surface area contributed by atoms with E-state index in [1.54, 1.807) is 36.3 Å². The molecule has 1 aliphatic rings. The van der Waals surface area contributed by atoms with E-state index < -0.39 is 10.0 Å². The number of ether oxygens (including phenoxy) is 1. The van der Waals surface area contributed by atoms with Gasteiger partial charge in [-0.05, 0) is 42.5 Å². The summed E-state index contributed by atoms with van der Waals surface area (Å²) in [6, 6.07) is 16.7. The molecule has 1 aliphatic carbocycles. The molecule has 1 amide bonds. The molecule has 0 saturated heterocycles. The number of benzene rings is 2. The third-order valence-electron chi connectivity index (χ3n) is 4.89. The number of nitrogens with one attached hydrogen (secondary N) is 1. The van der Waals surface area contributed by atoms with Crippen molar-refractivity contribution in [3.05, 3.63) is 65.7 Å². The lowest BCUT2D eigenvalue weighted by Crippen LogP contribution is -2.33. The highest BCUT2D eigenvalue weighted by Crippen LogP contribution is 2.22. The highest BCUT2D eigenvalue weighted by molar-refractivity contribution is 7.89. The predicted molar refractivity (Wildman–Crippen MR) is 112 cm³/mol. The van der Waals surface area contributed by atoms with Crippen molar-refractivity contribution >= 4 is 15.9 Å². The lowest BCUT2D eigenvalue weighted by molar-refractivity contribution is -0.132. The third kappa shape index (κ3) is 6.66. The van der Waals surface area contributed by atoms with Gasteiger partial charge in [0.15, 0.2) is 0 Å². The van der Waals surface area contributed by atoms with E-state index in [2.05, 4.69) is 4.72 Å². The number of amides is 1. The second-order valence-corrected chi connectivity index (χ2v) is 9.05. The lowest BCUT2D eigenvalue weighted by Gasteiger charge is -2.22. The number of methoxy groups -OCH3 is 1. The molecular weight excluding hydrogens is 388 g/mol. The highest BCUT2D eigenvalue weighted by atomic mass is 32.2. The van der Waals surface area contributed by atoms with Gasteiger partial charge in [0.25, 0.3) is 0 Å². The Labute approximate surface area is 172 Å². The van der Waals surface area contributed by atoms with E-state index in [-0.39, 0.29) is 16.8 Å². The van der Waals surface area contributed by atoms with Crippen molar-refractivity contribution in [1.29, 1.82) is 0 Å². The quantitative estimate of drug-likeness (QED) is 0.611. The van der Waals surface area contributed by atoms with Crippen LogP contribution in [0.4, 0.5) is 0 Å². The van der Waals surface area contributed by atoms with E-state index in [0.29, 0.717) is 32.5 Å². The Morgan fingerprint density at radius 1 is 1.07 bits per heavy atom. The summed E-state index contributed by atoms with van der Waals surface area (Å²) in [5.74, 6) is 0.0537. The highest BCUT2D eigenvalue weighted by Gasteiger charge is 2.27. The van der Waals surface area contributed by atoms with Crippen molar-refractivity contribution in [1.82, 2.24) is 9.62 Å². The van der Waals surface area contributed by atoms with Crippen LogP contribution in [-0.4, -0.2) is 45.5 Å². The molecule has 3 rings (SSSR count). The molecule has 0 atom stereocenters. The fourth-order valence-corrected chi connectivity index (χ4v) is 4.34. The van der Waals surface area contributed by atoms with Gasteiger partial charge in [-0.25, -0.2) is 13.1 Å². The predicted octanol–water partition coefficient (Wildman–Crippen LogP) is 2.74. The smallest absolute Gasteiger partial charge is 0.240 e. The zero-order valence-electron chi connectivity index (χ0n) is 16.7. The number of carbonyl (C=O) groups excluding carboxylic acids is 1. The number of nitrogens with zero attached hydrogens (tertiary/aromatic N) is 1. The van der Waals surface area contributed by atoms with Crippen LogP contribution in [0.25, 0.3) is 0 Å². The van der Waals surface area contributed by atoms with Gasteiger partial charge in [-0.3, -0.25) is 4.79 Å². The van der Waals surface area contributed by atoms with Gasteiger partial charge in [-0.1, -0.05) is 42.5 Å². The van der Waals surface area contributed by atoms with Crippen LogP contribution in [-0.2, 0) is 32.5 Å². The van der Waals surface area contributed by atoms with E-state index in [4.69, 9.17) is 4.74 Å². The maximum absolute atomic E-state index is 12.7. The van der Waals surface area contributed by atoms with Gasteiger partial charge in [0.1, 0.15) is 0 Å². The van der Waals surface area contributed by atoms with Crippen molar-refractivity contribution < 1.29 is 17.9 Å². The van der Waals surface area contributed by atoms with Crippen molar-refractivity contribution in [2.45, 2.75) is 43.2 Å². The molecule has 7 heteroatoms. The van der Waals surface area contributed by atoms with E-state index in [9.17, 15) is 13.2 Å². The molecule has 0 aliphatic heterocycles. The summed E-state index contributed by atoms with van der Waals surface area (Å²) in [6.45, 7) is 1.57. The molecule has 1 saturated carbocycles. The molecule has 156 valence electrons. The molecule has 1 fully saturated rings. The van der Waals surface area contributed by atoms with Gasteiger partial charge in [0.2, 0.25) is 15.9 Å². The van der Waals surface area contributed by atoms with Crippen LogP contribution in [0.15, 0.2) is 59.5 Å². The minimum absolute atomic E-state index is 0.0537. The first-order valence-corrected chi connectivity index (χ1v) is 11.4. The Bertz CT molecular complexity index is 894. The molecule has 29 heavy (non-hydrogen) atoms. The molecule has 2 aromatic rings. The van der Waals surface area contributed by atoms with Crippen molar-refractivity contribution in [2.24, 2.45) is 0 Å². The molecule has 0 bridgehead atoms. The average Bonchev–Trinajstić information content (AvgIpc) is 3.53. The van der Waals surface area contributed by atoms with Gasteiger partial charge in [-0.2, -0.15) is 0 Å². The lowest BCUT2D eigenvalue weighted by atomic mass is 10.1. The van der Waals surface area contributed by atoms with Crippen LogP contribution in [0.5, 0.6) is 0 Å². The van der Waals surface area contributed by atoms with Crippen LogP contribution < -0.4 is 4.72 Å². The Kier molecular flexibility index (Phi) is 7.41. The van der Waals surface area contributed by atoms with Crippen LogP contribution in [0.1, 0.15) is 30.4 Å². The average molecular weight is 417 g/mol. The molecule has 0 spiro atoms. The summed E-state index contributed by atoms with van der Waals surface area (Å²) in [4.78, 5) is 14.8. The summed E-state index contributed by atoms with van der Waals surface area (Å²) in [5, 5.41) is 0. The zero-order chi connectivity index (χ0) is 20.7. The normalized spacial score (nSPS) is 14.0. The molecule has 0 unspecified atom stereocenters. The Morgan fingerprint density at radius 2 is 1.76 bits per heavy atom. The number of rotatable bonds is 11. The van der Waals surface area contributed by atoms with Crippen molar-refractivity contribution in [3.8, 4) is 0 Å². The van der Waals surface area contributed by atoms with Crippen LogP contribution >= 0.6 is 0 Å². The number of aryl methyl sites for hydroxylation is 1. The van der Waals surface area contributed by atoms with E-state index >= 15 is 0 Å². The van der Waals surface area contributed by atoms with E-state index in [1.807, 2.05) is 30.3 Å². The monoisotopic (exact) mass is 416 g/mol.